The molecule has 7 heteroatoms. The van der Waals surface area contributed by atoms with Crippen molar-refractivity contribution < 1.29 is 4.42 Å². The molecule has 5 nitrogen and oxygen atoms in total. The van der Waals surface area contributed by atoms with E-state index in [9.17, 15) is 0 Å². The van der Waals surface area contributed by atoms with E-state index in [0.29, 0.717) is 23.4 Å². The number of fused-ring (bicyclic) bond motifs is 14. The standard InChI is InChI=1S/C59H34N4OS2/c1-3-13-35-27-48-44(25-33(35)11-1)45-26-34-12-2-4-14-36(34)28-49(45)63(48)50-32-52-46(39-15-5-8-18-51(39)64-52)31-47(50)59-61-57(37-21-23-42-40-16-6-9-19-53(40)65-55(42)29-37)60-58(62-59)38-22-24-43-41-17-7-10-20-54(41)66-56(43)30-38/h1-32,42,55H. The molecule has 0 radical (unpaired) electrons. The molecular weight excluding hydrogens is 845 g/mol. The van der Waals surface area contributed by atoms with Gasteiger partial charge in [0.2, 0.25) is 0 Å². The predicted molar refractivity (Wildman–Crippen MR) is 276 cm³/mol. The second-order valence-electron chi connectivity index (χ2n) is 17.5. The minimum absolute atomic E-state index is 0.243. The minimum atomic E-state index is 0.243. The van der Waals surface area contributed by atoms with Gasteiger partial charge in [0, 0.05) is 80.5 Å². The molecule has 0 amide bonds. The van der Waals surface area contributed by atoms with Crippen LogP contribution in [0.4, 0.5) is 0 Å². The van der Waals surface area contributed by atoms with E-state index in [1.165, 1.54) is 62.9 Å². The average molecular weight is 879 g/mol. The van der Waals surface area contributed by atoms with Crippen LogP contribution in [-0.4, -0.2) is 24.8 Å². The molecule has 1 aliphatic carbocycles. The second kappa shape index (κ2) is 13.8. The van der Waals surface area contributed by atoms with Crippen LogP contribution < -0.4 is 0 Å². The lowest BCUT2D eigenvalue weighted by atomic mass is 9.90. The quantitative estimate of drug-likeness (QED) is 0.176. The molecule has 13 aromatic rings. The van der Waals surface area contributed by atoms with E-state index in [-0.39, 0.29) is 5.25 Å². The summed E-state index contributed by atoms with van der Waals surface area (Å²) in [5.41, 5.74) is 8.99. The summed E-state index contributed by atoms with van der Waals surface area (Å²) in [4.78, 5) is 17.7. The number of hydrogen-bond donors (Lipinski definition) is 0. The van der Waals surface area contributed by atoms with Crippen LogP contribution in [-0.2, 0) is 0 Å². The molecule has 2 aliphatic rings. The molecule has 2 atom stereocenters. The van der Waals surface area contributed by atoms with E-state index in [1.54, 1.807) is 11.3 Å². The Labute approximate surface area is 386 Å². The van der Waals surface area contributed by atoms with Crippen LogP contribution >= 0.6 is 23.1 Å². The normalized spacial score (nSPS) is 15.8. The monoisotopic (exact) mass is 878 g/mol. The Hall–Kier alpha value is -7.84. The fourth-order valence-electron chi connectivity index (χ4n) is 10.6. The first kappa shape index (κ1) is 36.5. The summed E-state index contributed by atoms with van der Waals surface area (Å²) in [5.74, 6) is 2.19. The van der Waals surface area contributed by atoms with Crippen molar-refractivity contribution in [3.63, 3.8) is 0 Å². The summed E-state index contributed by atoms with van der Waals surface area (Å²) >= 11 is 3.72. The summed E-state index contributed by atoms with van der Waals surface area (Å²) in [5, 5.41) is 11.9. The average Bonchev–Trinajstić information content (AvgIpc) is 4.12. The van der Waals surface area contributed by atoms with Crippen molar-refractivity contribution in [1.29, 1.82) is 0 Å². The highest BCUT2D eigenvalue weighted by Crippen LogP contribution is 2.50. The summed E-state index contributed by atoms with van der Waals surface area (Å²) in [6.45, 7) is 0. The van der Waals surface area contributed by atoms with Gasteiger partial charge in [-0.1, -0.05) is 133 Å². The van der Waals surface area contributed by atoms with Gasteiger partial charge in [0.15, 0.2) is 17.5 Å². The third-order valence-electron chi connectivity index (χ3n) is 13.7. The van der Waals surface area contributed by atoms with Gasteiger partial charge in [0.25, 0.3) is 0 Å². The molecule has 9 aromatic carbocycles. The molecule has 66 heavy (non-hydrogen) atoms. The van der Waals surface area contributed by atoms with Gasteiger partial charge in [-0.15, -0.1) is 23.1 Å². The molecule has 5 heterocycles. The largest absolute Gasteiger partial charge is 0.456 e. The maximum Gasteiger partial charge on any atom is 0.166 e. The maximum absolute atomic E-state index is 6.71. The summed E-state index contributed by atoms with van der Waals surface area (Å²) in [6, 6.07) is 63.4. The second-order valence-corrected chi connectivity index (χ2v) is 19.8. The Kier molecular flexibility index (Phi) is 7.65. The van der Waals surface area contributed by atoms with Crippen LogP contribution in [0.1, 0.15) is 17.3 Å². The number of rotatable bonds is 4. The van der Waals surface area contributed by atoms with Crippen LogP contribution in [0.2, 0.25) is 0 Å². The highest BCUT2D eigenvalue weighted by atomic mass is 32.2. The molecule has 2 unspecified atom stereocenters. The van der Waals surface area contributed by atoms with Gasteiger partial charge in [-0.05, 0) is 81.7 Å². The fourth-order valence-corrected chi connectivity index (χ4v) is 13.1. The highest BCUT2D eigenvalue weighted by Gasteiger charge is 2.33. The van der Waals surface area contributed by atoms with Crippen molar-refractivity contribution in [1.82, 2.24) is 19.5 Å². The van der Waals surface area contributed by atoms with Crippen molar-refractivity contribution in [2.24, 2.45) is 0 Å². The van der Waals surface area contributed by atoms with E-state index in [2.05, 4.69) is 187 Å². The van der Waals surface area contributed by atoms with Gasteiger partial charge in [0.1, 0.15) is 11.2 Å². The van der Waals surface area contributed by atoms with Gasteiger partial charge in [0.05, 0.1) is 16.7 Å². The van der Waals surface area contributed by atoms with Gasteiger partial charge < -0.3 is 8.98 Å². The first-order valence-corrected chi connectivity index (χ1v) is 24.0. The minimum Gasteiger partial charge on any atom is -0.456 e. The number of benzene rings is 9. The van der Waals surface area contributed by atoms with E-state index >= 15 is 0 Å². The Bertz CT molecular complexity index is 4210. The molecule has 15 rings (SSSR count). The van der Waals surface area contributed by atoms with Crippen molar-refractivity contribution in [3.05, 3.63) is 206 Å². The molecule has 0 saturated carbocycles. The Morgan fingerprint density at radius 1 is 0.485 bits per heavy atom. The van der Waals surface area contributed by atoms with Gasteiger partial charge in [-0.3, -0.25) is 0 Å². The summed E-state index contributed by atoms with van der Waals surface area (Å²) in [7, 11) is 0. The third-order valence-corrected chi connectivity index (χ3v) is 16.2. The highest BCUT2D eigenvalue weighted by molar-refractivity contribution is 8.00. The molecule has 0 spiro atoms. The first-order valence-electron chi connectivity index (χ1n) is 22.3. The van der Waals surface area contributed by atoms with Gasteiger partial charge >= 0.3 is 0 Å². The number of hydrogen-bond acceptors (Lipinski definition) is 6. The number of allylic oxidation sites excluding steroid dienone is 3. The number of para-hydroxylation sites is 1. The van der Waals surface area contributed by atoms with Crippen LogP contribution in [0, 0.1) is 0 Å². The van der Waals surface area contributed by atoms with Crippen molar-refractivity contribution in [3.8, 4) is 28.5 Å². The molecule has 308 valence electrons. The lowest BCUT2D eigenvalue weighted by molar-refractivity contribution is 0.668. The maximum atomic E-state index is 6.71. The van der Waals surface area contributed by atoms with E-state index in [0.717, 1.165) is 55.4 Å². The number of nitrogens with zero attached hydrogens (tertiary/aromatic N) is 4. The molecule has 0 fully saturated rings. The third kappa shape index (κ3) is 5.44. The summed E-state index contributed by atoms with van der Waals surface area (Å²) in [6.07, 6.45) is 6.93. The van der Waals surface area contributed by atoms with Gasteiger partial charge in [-0.25, -0.2) is 15.0 Å². The first-order chi connectivity index (χ1) is 32.6. The van der Waals surface area contributed by atoms with Crippen LogP contribution in [0.3, 0.4) is 0 Å². The van der Waals surface area contributed by atoms with E-state index in [4.69, 9.17) is 19.4 Å². The Morgan fingerprint density at radius 2 is 1.14 bits per heavy atom. The van der Waals surface area contributed by atoms with Crippen molar-refractivity contribution >= 4 is 114 Å². The number of thioether (sulfide) groups is 1. The Morgan fingerprint density at radius 3 is 1.94 bits per heavy atom. The van der Waals surface area contributed by atoms with Crippen LogP contribution in [0.15, 0.2) is 203 Å². The Balaban J connectivity index is 1.03. The van der Waals surface area contributed by atoms with Crippen LogP contribution in [0.25, 0.3) is 119 Å². The molecule has 0 saturated heterocycles. The van der Waals surface area contributed by atoms with Crippen molar-refractivity contribution in [2.75, 3.05) is 0 Å². The fraction of sp³-hybridized carbons (Fsp3) is 0.0339. The molecule has 1 aliphatic heterocycles. The zero-order valence-electron chi connectivity index (χ0n) is 35.1. The summed E-state index contributed by atoms with van der Waals surface area (Å²) < 4.78 is 11.6. The number of aromatic nitrogens is 4. The SMILES string of the molecule is C1=CC2c3ccccc3SC2C=C1c1nc(-c2ccc3c(c2)sc2ccccc23)nc(-c2cc3c(cc2-n2c4cc5ccccc5cc4c4cc5ccccc5cc42)oc2ccccc23)n1. The molecular formula is C59H34N4OS2. The number of thiophene rings is 1. The molecule has 0 N–H and O–H groups in total. The zero-order valence-corrected chi connectivity index (χ0v) is 36.8. The van der Waals surface area contributed by atoms with E-state index in [1.807, 2.05) is 23.9 Å². The lowest BCUT2D eigenvalue weighted by Crippen LogP contribution is -2.11. The molecule has 4 aromatic heterocycles. The van der Waals surface area contributed by atoms with Crippen molar-refractivity contribution in [2.45, 2.75) is 16.1 Å². The smallest absolute Gasteiger partial charge is 0.166 e. The topological polar surface area (TPSA) is 56.7 Å². The van der Waals surface area contributed by atoms with Crippen LogP contribution in [0.5, 0.6) is 0 Å². The molecule has 0 bridgehead atoms. The van der Waals surface area contributed by atoms with Gasteiger partial charge in [-0.2, -0.15) is 0 Å². The predicted octanol–water partition coefficient (Wildman–Crippen LogP) is 16.1. The zero-order chi connectivity index (χ0) is 43.0. The lowest BCUT2D eigenvalue weighted by Gasteiger charge is -2.19. The van der Waals surface area contributed by atoms with E-state index < -0.39 is 0 Å². The number of furan rings is 1.